The van der Waals surface area contributed by atoms with E-state index in [-0.39, 0.29) is 17.4 Å². The third-order valence-electron chi connectivity index (χ3n) is 3.36. The average molecular weight is 330 g/mol. The van der Waals surface area contributed by atoms with Crippen molar-refractivity contribution >= 4 is 34.1 Å². The summed E-state index contributed by atoms with van der Waals surface area (Å²) in [5.41, 5.74) is 1.29. The molecule has 0 fully saturated rings. The molecule has 0 atom stereocenters. The lowest BCUT2D eigenvalue weighted by atomic mass is 10.1. The second-order valence-corrected chi connectivity index (χ2v) is 5.42. The Morgan fingerprint density at radius 2 is 1.91 bits per heavy atom. The molecule has 2 aromatic carbocycles. The third kappa shape index (κ3) is 2.45. The minimum Gasteiger partial charge on any atom is -0.278 e. The van der Waals surface area contributed by atoms with Crippen LogP contribution in [0.15, 0.2) is 47.3 Å². The summed E-state index contributed by atoms with van der Waals surface area (Å²) in [4.78, 5) is 16.8. The largest absolute Gasteiger partial charge is 0.278 e. The maximum Gasteiger partial charge on any atom is 0.262 e. The van der Waals surface area contributed by atoms with Crippen molar-refractivity contribution in [3.8, 4) is 6.07 Å². The molecule has 0 bridgehead atoms. The van der Waals surface area contributed by atoms with Gasteiger partial charge in [0.2, 0.25) is 5.28 Å². The van der Waals surface area contributed by atoms with Crippen LogP contribution in [0.4, 0.5) is 0 Å². The molecule has 6 heteroatoms. The maximum absolute atomic E-state index is 12.6. The highest BCUT2D eigenvalue weighted by atomic mass is 35.5. The van der Waals surface area contributed by atoms with Gasteiger partial charge in [0.25, 0.3) is 5.56 Å². The van der Waals surface area contributed by atoms with Crippen LogP contribution in [0.5, 0.6) is 0 Å². The Kier molecular flexibility index (Phi) is 3.84. The average Bonchev–Trinajstić information content (AvgIpc) is 2.53. The molecular formula is C16H9Cl2N3O. The van der Waals surface area contributed by atoms with E-state index in [1.54, 1.807) is 42.5 Å². The van der Waals surface area contributed by atoms with Crippen LogP contribution in [0.25, 0.3) is 10.9 Å². The van der Waals surface area contributed by atoms with Crippen molar-refractivity contribution in [2.45, 2.75) is 6.54 Å². The molecule has 0 spiro atoms. The van der Waals surface area contributed by atoms with Crippen LogP contribution >= 0.6 is 23.2 Å². The smallest absolute Gasteiger partial charge is 0.262 e. The van der Waals surface area contributed by atoms with Crippen molar-refractivity contribution in [2.75, 3.05) is 0 Å². The van der Waals surface area contributed by atoms with Crippen molar-refractivity contribution in [1.82, 2.24) is 9.55 Å². The van der Waals surface area contributed by atoms with E-state index >= 15 is 0 Å². The lowest BCUT2D eigenvalue weighted by Crippen LogP contribution is -2.23. The number of fused-ring (bicyclic) bond motifs is 1. The lowest BCUT2D eigenvalue weighted by molar-refractivity contribution is 0.748. The number of nitrogens with zero attached hydrogens (tertiary/aromatic N) is 3. The van der Waals surface area contributed by atoms with Gasteiger partial charge < -0.3 is 0 Å². The van der Waals surface area contributed by atoms with Gasteiger partial charge >= 0.3 is 0 Å². The molecule has 3 rings (SSSR count). The number of benzene rings is 2. The molecule has 0 N–H and O–H groups in total. The Bertz CT molecular complexity index is 973. The second kappa shape index (κ2) is 5.80. The fraction of sp³-hybridized carbons (Fsp3) is 0.0625. The van der Waals surface area contributed by atoms with Crippen LogP contribution in [-0.4, -0.2) is 9.55 Å². The molecule has 0 saturated heterocycles. The summed E-state index contributed by atoms with van der Waals surface area (Å²) in [6.45, 7) is 0.177. The molecule has 4 nitrogen and oxygen atoms in total. The summed E-state index contributed by atoms with van der Waals surface area (Å²) in [7, 11) is 0. The van der Waals surface area contributed by atoms with Crippen LogP contribution in [0.3, 0.4) is 0 Å². The summed E-state index contributed by atoms with van der Waals surface area (Å²) in [6, 6.07) is 14.1. The molecule has 0 aliphatic heterocycles. The summed E-state index contributed by atoms with van der Waals surface area (Å²) >= 11 is 12.2. The molecule has 0 unspecified atom stereocenters. The van der Waals surface area contributed by atoms with Gasteiger partial charge in [-0.05, 0) is 35.4 Å². The van der Waals surface area contributed by atoms with E-state index in [0.29, 0.717) is 27.1 Å². The Balaban J connectivity index is 2.20. The quantitative estimate of drug-likeness (QED) is 0.674. The third-order valence-corrected chi connectivity index (χ3v) is 3.95. The van der Waals surface area contributed by atoms with Gasteiger partial charge in [-0.1, -0.05) is 35.9 Å². The number of hydrogen-bond acceptors (Lipinski definition) is 3. The zero-order valence-electron chi connectivity index (χ0n) is 11.3. The fourth-order valence-corrected chi connectivity index (χ4v) is 2.70. The molecule has 0 radical (unpaired) electrons. The molecule has 22 heavy (non-hydrogen) atoms. The predicted octanol–water partition coefficient (Wildman–Crippen LogP) is 3.62. The van der Waals surface area contributed by atoms with Gasteiger partial charge in [-0.25, -0.2) is 4.98 Å². The van der Waals surface area contributed by atoms with Gasteiger partial charge in [0.15, 0.2) is 0 Å². The highest BCUT2D eigenvalue weighted by Gasteiger charge is 2.13. The first-order chi connectivity index (χ1) is 10.6. The normalized spacial score (nSPS) is 10.6. The van der Waals surface area contributed by atoms with Crippen molar-refractivity contribution in [3.63, 3.8) is 0 Å². The molecule has 1 aromatic heterocycles. The van der Waals surface area contributed by atoms with Gasteiger partial charge in [-0.3, -0.25) is 9.36 Å². The molecular weight excluding hydrogens is 321 g/mol. The highest BCUT2D eigenvalue weighted by molar-refractivity contribution is 6.35. The van der Waals surface area contributed by atoms with E-state index in [2.05, 4.69) is 11.1 Å². The Morgan fingerprint density at radius 3 is 2.68 bits per heavy atom. The molecule has 0 amide bonds. The van der Waals surface area contributed by atoms with E-state index in [0.717, 1.165) is 0 Å². The topological polar surface area (TPSA) is 58.7 Å². The van der Waals surface area contributed by atoms with E-state index in [1.165, 1.54) is 4.57 Å². The Morgan fingerprint density at radius 1 is 1.14 bits per heavy atom. The number of rotatable bonds is 2. The van der Waals surface area contributed by atoms with Crippen LogP contribution < -0.4 is 5.56 Å². The van der Waals surface area contributed by atoms with Crippen molar-refractivity contribution in [2.24, 2.45) is 0 Å². The van der Waals surface area contributed by atoms with Crippen LogP contribution in [0.2, 0.25) is 10.3 Å². The minimum absolute atomic E-state index is 0.0401. The Hall–Kier alpha value is -2.35. The SMILES string of the molecule is N#Cc1ccccc1Cn1c(Cl)nc2c(Cl)cccc2c1=O. The number of hydrogen-bond donors (Lipinski definition) is 0. The number of nitriles is 1. The van der Waals surface area contributed by atoms with E-state index in [4.69, 9.17) is 28.5 Å². The molecule has 1 heterocycles. The lowest BCUT2D eigenvalue weighted by Gasteiger charge is -2.11. The zero-order chi connectivity index (χ0) is 15.7. The van der Waals surface area contributed by atoms with Gasteiger partial charge in [-0.2, -0.15) is 5.26 Å². The Labute approximate surface area is 136 Å². The number of halogens is 2. The van der Waals surface area contributed by atoms with Gasteiger partial charge in [0.1, 0.15) is 0 Å². The summed E-state index contributed by atoms with van der Waals surface area (Å²) in [6.07, 6.45) is 0. The predicted molar refractivity (Wildman–Crippen MR) is 86.3 cm³/mol. The summed E-state index contributed by atoms with van der Waals surface area (Å²) in [5.74, 6) is 0. The summed E-state index contributed by atoms with van der Waals surface area (Å²) < 4.78 is 1.33. The highest BCUT2D eigenvalue weighted by Crippen LogP contribution is 2.21. The molecule has 3 aromatic rings. The molecule has 0 aliphatic rings. The minimum atomic E-state index is -0.287. The number of aromatic nitrogens is 2. The van der Waals surface area contributed by atoms with Crippen molar-refractivity contribution in [1.29, 1.82) is 5.26 Å². The first-order valence-electron chi connectivity index (χ1n) is 6.44. The van der Waals surface area contributed by atoms with Gasteiger partial charge in [0.05, 0.1) is 34.1 Å². The first-order valence-corrected chi connectivity index (χ1v) is 7.20. The van der Waals surface area contributed by atoms with E-state index in [1.807, 2.05) is 0 Å². The molecule has 108 valence electrons. The van der Waals surface area contributed by atoms with Crippen LogP contribution in [0.1, 0.15) is 11.1 Å². The fourth-order valence-electron chi connectivity index (χ4n) is 2.26. The second-order valence-electron chi connectivity index (χ2n) is 4.68. The molecule has 0 aliphatic carbocycles. The van der Waals surface area contributed by atoms with Crippen molar-refractivity contribution < 1.29 is 0 Å². The van der Waals surface area contributed by atoms with Crippen LogP contribution in [-0.2, 0) is 6.54 Å². The number of para-hydroxylation sites is 1. The summed E-state index contributed by atoms with van der Waals surface area (Å²) in [5, 5.41) is 9.95. The van der Waals surface area contributed by atoms with E-state index in [9.17, 15) is 4.79 Å². The zero-order valence-corrected chi connectivity index (χ0v) is 12.8. The molecule has 0 saturated carbocycles. The first kappa shape index (κ1) is 14.6. The van der Waals surface area contributed by atoms with Gasteiger partial charge in [0, 0.05) is 0 Å². The van der Waals surface area contributed by atoms with E-state index < -0.39 is 0 Å². The monoisotopic (exact) mass is 329 g/mol. The maximum atomic E-state index is 12.6. The van der Waals surface area contributed by atoms with Crippen molar-refractivity contribution in [3.05, 3.63) is 74.3 Å². The van der Waals surface area contributed by atoms with Crippen LogP contribution in [0, 0.1) is 11.3 Å². The van der Waals surface area contributed by atoms with Gasteiger partial charge in [-0.15, -0.1) is 0 Å². The standard InChI is InChI=1S/C16H9Cl2N3O/c17-13-7-3-6-12-14(13)20-16(18)21(15(12)22)9-11-5-2-1-4-10(11)8-19/h1-7H,9H2.